The lowest BCUT2D eigenvalue weighted by molar-refractivity contribution is 0.0601. The standard InChI is InChI=1S/C18H16N2O2.ClH/c1-12-10-17(20-16-9-4-3-8-15(12)16)19-14-7-5-6-13(11-14)18(21)22-2;/h3-11H,1-2H3,(H,19,20);1H. The minimum Gasteiger partial charge on any atom is -0.465 e. The van der Waals surface area contributed by atoms with E-state index in [1.807, 2.05) is 36.4 Å². The maximum Gasteiger partial charge on any atom is 0.337 e. The molecule has 0 saturated carbocycles. The van der Waals surface area contributed by atoms with Gasteiger partial charge in [-0.15, -0.1) is 12.4 Å². The predicted molar refractivity (Wildman–Crippen MR) is 94.8 cm³/mol. The first-order valence-electron chi connectivity index (χ1n) is 6.99. The first-order valence-corrected chi connectivity index (χ1v) is 6.99. The zero-order valence-electron chi connectivity index (χ0n) is 12.9. The normalized spacial score (nSPS) is 10.0. The van der Waals surface area contributed by atoms with Crippen LogP contribution < -0.4 is 5.32 Å². The van der Waals surface area contributed by atoms with Crippen molar-refractivity contribution in [1.29, 1.82) is 0 Å². The van der Waals surface area contributed by atoms with E-state index >= 15 is 0 Å². The van der Waals surface area contributed by atoms with Gasteiger partial charge in [0.2, 0.25) is 0 Å². The van der Waals surface area contributed by atoms with Crippen LogP contribution in [0.1, 0.15) is 15.9 Å². The minimum atomic E-state index is -0.355. The second-order valence-corrected chi connectivity index (χ2v) is 5.04. The lowest BCUT2D eigenvalue weighted by Gasteiger charge is -2.10. The van der Waals surface area contributed by atoms with Crippen LogP contribution in [0, 0.1) is 6.92 Å². The number of hydrogen-bond acceptors (Lipinski definition) is 4. The Morgan fingerprint density at radius 3 is 2.65 bits per heavy atom. The third-order valence-electron chi connectivity index (χ3n) is 3.48. The van der Waals surface area contributed by atoms with E-state index in [0.717, 1.165) is 28.0 Å². The fourth-order valence-corrected chi connectivity index (χ4v) is 2.40. The van der Waals surface area contributed by atoms with E-state index in [2.05, 4.69) is 23.3 Å². The van der Waals surface area contributed by atoms with Crippen molar-refractivity contribution in [1.82, 2.24) is 4.98 Å². The quantitative estimate of drug-likeness (QED) is 0.719. The van der Waals surface area contributed by atoms with Crippen LogP contribution in [0.4, 0.5) is 11.5 Å². The Kier molecular flexibility index (Phi) is 5.19. The van der Waals surface area contributed by atoms with Crippen LogP contribution in [0.3, 0.4) is 0 Å². The van der Waals surface area contributed by atoms with Gasteiger partial charge in [0, 0.05) is 11.1 Å². The third kappa shape index (κ3) is 3.60. The fraction of sp³-hybridized carbons (Fsp3) is 0.111. The second-order valence-electron chi connectivity index (χ2n) is 5.04. The molecule has 5 heteroatoms. The number of rotatable bonds is 3. The molecule has 118 valence electrons. The predicted octanol–water partition coefficient (Wildman–Crippen LogP) is 4.50. The molecule has 3 aromatic rings. The van der Waals surface area contributed by atoms with Gasteiger partial charge < -0.3 is 10.1 Å². The van der Waals surface area contributed by atoms with E-state index in [4.69, 9.17) is 4.74 Å². The highest BCUT2D eigenvalue weighted by Gasteiger charge is 2.07. The lowest BCUT2D eigenvalue weighted by Crippen LogP contribution is -2.02. The molecule has 0 spiro atoms. The number of aryl methyl sites for hydroxylation is 1. The van der Waals surface area contributed by atoms with Crippen molar-refractivity contribution in [2.75, 3.05) is 12.4 Å². The Morgan fingerprint density at radius 1 is 1.09 bits per heavy atom. The number of ether oxygens (including phenoxy) is 1. The molecule has 0 atom stereocenters. The van der Waals surface area contributed by atoms with Gasteiger partial charge in [-0.1, -0.05) is 24.3 Å². The molecule has 4 nitrogen and oxygen atoms in total. The third-order valence-corrected chi connectivity index (χ3v) is 3.48. The minimum absolute atomic E-state index is 0. The molecule has 0 fully saturated rings. The Balaban J connectivity index is 0.00000192. The number of esters is 1. The molecular weight excluding hydrogens is 312 g/mol. The SMILES string of the molecule is COC(=O)c1cccc(Nc2cc(C)c3ccccc3n2)c1.Cl. The van der Waals surface area contributed by atoms with Gasteiger partial charge in [0.05, 0.1) is 18.2 Å². The summed E-state index contributed by atoms with van der Waals surface area (Å²) in [5, 5.41) is 4.37. The van der Waals surface area contributed by atoms with Crippen LogP contribution in [0.5, 0.6) is 0 Å². The van der Waals surface area contributed by atoms with Crippen LogP contribution in [0.15, 0.2) is 54.6 Å². The van der Waals surface area contributed by atoms with Gasteiger partial charge in [-0.3, -0.25) is 0 Å². The average molecular weight is 329 g/mol. The molecular formula is C18H17ClN2O2. The van der Waals surface area contributed by atoms with Crippen LogP contribution in [-0.2, 0) is 4.74 Å². The summed E-state index contributed by atoms with van der Waals surface area (Å²) in [5.74, 6) is 0.393. The summed E-state index contributed by atoms with van der Waals surface area (Å²) >= 11 is 0. The molecule has 0 aliphatic carbocycles. The van der Waals surface area contributed by atoms with Gasteiger partial charge in [-0.05, 0) is 42.8 Å². The van der Waals surface area contributed by atoms with E-state index < -0.39 is 0 Å². The van der Waals surface area contributed by atoms with Crippen LogP contribution in [0.25, 0.3) is 10.9 Å². The largest absolute Gasteiger partial charge is 0.465 e. The molecule has 0 bridgehead atoms. The monoisotopic (exact) mass is 328 g/mol. The maximum atomic E-state index is 11.6. The van der Waals surface area contributed by atoms with Crippen molar-refractivity contribution in [3.05, 3.63) is 65.7 Å². The van der Waals surface area contributed by atoms with Crippen molar-refractivity contribution in [3.8, 4) is 0 Å². The number of pyridine rings is 1. The maximum absolute atomic E-state index is 11.6. The molecule has 0 unspecified atom stereocenters. The van der Waals surface area contributed by atoms with E-state index in [9.17, 15) is 4.79 Å². The first-order chi connectivity index (χ1) is 10.7. The van der Waals surface area contributed by atoms with E-state index in [0.29, 0.717) is 5.56 Å². The fourth-order valence-electron chi connectivity index (χ4n) is 2.40. The zero-order valence-corrected chi connectivity index (χ0v) is 13.7. The van der Waals surface area contributed by atoms with Gasteiger partial charge in [0.15, 0.2) is 0 Å². The lowest BCUT2D eigenvalue weighted by atomic mass is 10.1. The number of para-hydroxylation sites is 1. The topological polar surface area (TPSA) is 51.2 Å². The Morgan fingerprint density at radius 2 is 1.87 bits per heavy atom. The Labute approximate surface area is 140 Å². The molecule has 1 heterocycles. The Bertz CT molecular complexity index is 849. The molecule has 3 rings (SSSR count). The number of nitrogens with zero attached hydrogens (tertiary/aromatic N) is 1. The Hall–Kier alpha value is -2.59. The number of benzene rings is 2. The summed E-state index contributed by atoms with van der Waals surface area (Å²) in [7, 11) is 1.37. The summed E-state index contributed by atoms with van der Waals surface area (Å²) in [6, 6.07) is 17.2. The molecule has 1 aromatic heterocycles. The van der Waals surface area contributed by atoms with Gasteiger partial charge in [-0.2, -0.15) is 0 Å². The number of anilines is 2. The average Bonchev–Trinajstić information content (AvgIpc) is 2.54. The first kappa shape index (κ1) is 16.8. The number of aromatic nitrogens is 1. The van der Waals surface area contributed by atoms with Crippen LogP contribution in [-0.4, -0.2) is 18.1 Å². The van der Waals surface area contributed by atoms with Crippen molar-refractivity contribution in [2.24, 2.45) is 0 Å². The van der Waals surface area contributed by atoms with Crippen molar-refractivity contribution in [3.63, 3.8) is 0 Å². The van der Waals surface area contributed by atoms with E-state index in [-0.39, 0.29) is 18.4 Å². The van der Waals surface area contributed by atoms with Crippen molar-refractivity contribution >= 4 is 40.8 Å². The summed E-state index contributed by atoms with van der Waals surface area (Å²) in [6.45, 7) is 2.06. The molecule has 23 heavy (non-hydrogen) atoms. The molecule has 0 radical (unpaired) electrons. The molecule has 2 aromatic carbocycles. The number of carbonyl (C=O) groups is 1. The summed E-state index contributed by atoms with van der Waals surface area (Å²) in [6.07, 6.45) is 0. The van der Waals surface area contributed by atoms with Gasteiger partial charge >= 0.3 is 5.97 Å². The number of carbonyl (C=O) groups excluding carboxylic acids is 1. The smallest absolute Gasteiger partial charge is 0.337 e. The number of methoxy groups -OCH3 is 1. The molecule has 0 aliphatic heterocycles. The summed E-state index contributed by atoms with van der Waals surface area (Å²) < 4.78 is 4.74. The molecule has 0 amide bonds. The zero-order chi connectivity index (χ0) is 15.5. The van der Waals surface area contributed by atoms with Gasteiger partial charge in [-0.25, -0.2) is 9.78 Å². The van der Waals surface area contributed by atoms with Crippen LogP contribution in [0.2, 0.25) is 0 Å². The van der Waals surface area contributed by atoms with Crippen molar-refractivity contribution < 1.29 is 9.53 Å². The van der Waals surface area contributed by atoms with Crippen molar-refractivity contribution in [2.45, 2.75) is 6.92 Å². The summed E-state index contributed by atoms with van der Waals surface area (Å²) in [5.41, 5.74) is 3.39. The number of hydrogen-bond donors (Lipinski definition) is 1. The highest BCUT2D eigenvalue weighted by molar-refractivity contribution is 5.91. The molecule has 1 N–H and O–H groups in total. The highest BCUT2D eigenvalue weighted by Crippen LogP contribution is 2.23. The van der Waals surface area contributed by atoms with Gasteiger partial charge in [0.25, 0.3) is 0 Å². The second kappa shape index (κ2) is 7.11. The van der Waals surface area contributed by atoms with Gasteiger partial charge in [0.1, 0.15) is 5.82 Å². The van der Waals surface area contributed by atoms with E-state index in [1.165, 1.54) is 7.11 Å². The van der Waals surface area contributed by atoms with E-state index in [1.54, 1.807) is 12.1 Å². The summed E-state index contributed by atoms with van der Waals surface area (Å²) in [4.78, 5) is 16.2. The van der Waals surface area contributed by atoms with Crippen LogP contribution >= 0.6 is 12.4 Å². The number of fused-ring (bicyclic) bond motifs is 1. The number of nitrogens with one attached hydrogen (secondary N) is 1. The highest BCUT2D eigenvalue weighted by atomic mass is 35.5. The number of halogens is 1. The molecule has 0 saturated heterocycles. The molecule has 0 aliphatic rings.